The quantitative estimate of drug-likeness (QED) is 0.212. The van der Waals surface area contributed by atoms with Crippen LogP contribution in [-0.4, -0.2) is 15.7 Å². The van der Waals surface area contributed by atoms with Gasteiger partial charge in [-0.3, -0.25) is 4.79 Å². The summed E-state index contributed by atoms with van der Waals surface area (Å²) in [6.07, 6.45) is 0.545. The molecular weight excluding hydrogens is 427 g/mol. The van der Waals surface area contributed by atoms with Crippen molar-refractivity contribution in [2.24, 2.45) is 0 Å². The topological polar surface area (TPSA) is 44.1 Å². The third-order valence-electron chi connectivity index (χ3n) is 4.00. The van der Waals surface area contributed by atoms with Crippen LogP contribution in [0.3, 0.4) is 0 Å². The number of hydrogen-bond acceptors (Lipinski definition) is 4. The smallest absolute Gasteiger partial charge is 0.312 e. The molecule has 0 fully saturated rings. The number of esters is 1. The minimum absolute atomic E-state index is 0.0495. The highest BCUT2D eigenvalue weighted by Crippen LogP contribution is 2.42. The molecule has 0 spiro atoms. The van der Waals surface area contributed by atoms with Crippen molar-refractivity contribution >= 4 is 17.7 Å². The Kier molecular flexibility index (Phi) is 6.45. The van der Waals surface area contributed by atoms with E-state index in [1.807, 2.05) is 0 Å². The van der Waals surface area contributed by atoms with Gasteiger partial charge in [0.25, 0.3) is 0 Å². The van der Waals surface area contributed by atoms with E-state index in [-0.39, 0.29) is 34.7 Å². The van der Waals surface area contributed by atoms with Crippen molar-refractivity contribution in [1.82, 2.24) is 9.78 Å². The Morgan fingerprint density at radius 1 is 0.967 bits per heavy atom. The highest BCUT2D eigenvalue weighted by molar-refractivity contribution is 7.99. The van der Waals surface area contributed by atoms with E-state index in [0.717, 1.165) is 0 Å². The maximum Gasteiger partial charge on any atom is 0.312 e. The maximum absolute atomic E-state index is 14.2. The number of ether oxygens (including phenoxy) is 1. The van der Waals surface area contributed by atoms with Gasteiger partial charge in [-0.25, -0.2) is 22.0 Å². The monoisotopic (exact) mass is 442 g/mol. The molecule has 0 bridgehead atoms. The van der Waals surface area contributed by atoms with Crippen LogP contribution < -0.4 is 4.74 Å². The predicted molar refractivity (Wildman–Crippen MR) is 99.2 cm³/mol. The zero-order valence-corrected chi connectivity index (χ0v) is 16.6. The van der Waals surface area contributed by atoms with Crippen molar-refractivity contribution in [3.63, 3.8) is 0 Å². The van der Waals surface area contributed by atoms with Crippen molar-refractivity contribution in [2.75, 3.05) is 0 Å². The van der Waals surface area contributed by atoms with Gasteiger partial charge in [0.2, 0.25) is 11.7 Å². The van der Waals surface area contributed by atoms with E-state index in [0.29, 0.717) is 12.1 Å². The molecule has 0 radical (unpaired) electrons. The fraction of sp³-hybridized carbons (Fsp3) is 0.200. The molecule has 0 aliphatic carbocycles. The number of benzene rings is 2. The molecule has 1 aromatic heterocycles. The van der Waals surface area contributed by atoms with Crippen LogP contribution in [0.25, 0.3) is 5.69 Å². The first-order valence-corrected chi connectivity index (χ1v) is 9.62. The van der Waals surface area contributed by atoms with E-state index in [9.17, 15) is 26.7 Å². The summed E-state index contributed by atoms with van der Waals surface area (Å²) in [7, 11) is 0. The Morgan fingerprint density at radius 2 is 1.53 bits per heavy atom. The number of carbonyl (C=O) groups is 1. The Hall–Kier alpha value is -2.88. The molecular formula is C20H15F5N2O2S. The molecule has 2 aromatic carbocycles. The van der Waals surface area contributed by atoms with Crippen LogP contribution >= 0.6 is 11.8 Å². The molecule has 0 N–H and O–H groups in total. The zero-order chi connectivity index (χ0) is 22.0. The van der Waals surface area contributed by atoms with Crippen LogP contribution in [0.1, 0.15) is 25.5 Å². The molecule has 3 aromatic rings. The van der Waals surface area contributed by atoms with Gasteiger partial charge in [-0.15, -0.1) is 0 Å². The number of para-hydroxylation sites is 1. The molecule has 0 amide bonds. The van der Waals surface area contributed by atoms with Crippen LogP contribution in [0.2, 0.25) is 0 Å². The van der Waals surface area contributed by atoms with E-state index in [1.54, 1.807) is 37.3 Å². The summed E-state index contributed by atoms with van der Waals surface area (Å²) in [5, 5.41) is 4.22. The summed E-state index contributed by atoms with van der Waals surface area (Å²) in [6.45, 7) is 3.22. The van der Waals surface area contributed by atoms with Crippen molar-refractivity contribution in [3.05, 3.63) is 65.1 Å². The second-order valence-corrected chi connectivity index (χ2v) is 7.21. The number of carbonyl (C=O) groups excluding carboxylic acids is 1. The van der Waals surface area contributed by atoms with Gasteiger partial charge < -0.3 is 4.74 Å². The molecule has 0 saturated carbocycles. The molecule has 0 unspecified atom stereocenters. The molecule has 0 saturated heterocycles. The van der Waals surface area contributed by atoms with Gasteiger partial charge >= 0.3 is 5.97 Å². The molecule has 0 aliphatic rings. The van der Waals surface area contributed by atoms with Crippen LogP contribution in [0.5, 0.6) is 5.88 Å². The average molecular weight is 442 g/mol. The number of nitrogens with zero attached hydrogens (tertiary/aromatic N) is 2. The lowest BCUT2D eigenvalue weighted by Gasteiger charge is -2.11. The molecule has 4 nitrogen and oxygen atoms in total. The van der Waals surface area contributed by atoms with Crippen molar-refractivity contribution in [2.45, 2.75) is 36.5 Å². The van der Waals surface area contributed by atoms with Crippen molar-refractivity contribution < 1.29 is 31.5 Å². The summed E-state index contributed by atoms with van der Waals surface area (Å²) in [6, 6.07) is 8.43. The van der Waals surface area contributed by atoms with Gasteiger partial charge in [-0.2, -0.15) is 9.78 Å². The van der Waals surface area contributed by atoms with Crippen LogP contribution in [0.4, 0.5) is 22.0 Å². The molecule has 158 valence electrons. The van der Waals surface area contributed by atoms with Crippen LogP contribution in [0, 0.1) is 36.0 Å². The number of hydrogen-bond donors (Lipinski definition) is 0. The van der Waals surface area contributed by atoms with Gasteiger partial charge in [0, 0.05) is 6.42 Å². The molecule has 1 heterocycles. The van der Waals surface area contributed by atoms with Gasteiger partial charge in [0.15, 0.2) is 23.3 Å². The van der Waals surface area contributed by atoms with Crippen molar-refractivity contribution in [1.29, 1.82) is 0 Å². The minimum Gasteiger partial charge on any atom is -0.406 e. The third kappa shape index (κ3) is 4.04. The van der Waals surface area contributed by atoms with E-state index >= 15 is 0 Å². The molecule has 10 heteroatoms. The summed E-state index contributed by atoms with van der Waals surface area (Å²) >= 11 is 0.249. The zero-order valence-electron chi connectivity index (χ0n) is 15.8. The van der Waals surface area contributed by atoms with Crippen LogP contribution in [-0.2, 0) is 4.79 Å². The fourth-order valence-corrected chi connectivity index (χ4v) is 3.55. The maximum atomic E-state index is 14.2. The van der Waals surface area contributed by atoms with Gasteiger partial charge in [-0.05, 0) is 25.5 Å². The van der Waals surface area contributed by atoms with Gasteiger partial charge in [0.1, 0.15) is 0 Å². The van der Waals surface area contributed by atoms with Crippen molar-refractivity contribution in [3.8, 4) is 11.6 Å². The Labute approximate surface area is 172 Å². The molecule has 30 heavy (non-hydrogen) atoms. The standard InChI is InChI=1S/C20H15F5N2O2S/c1-3-7-12(28)29-20-18(10(2)26-27(20)11-8-5-4-6-9-11)30-19-16(24)14(22)13(21)15(23)17(19)25/h4-6,8-9H,3,7H2,1-2H3. The molecule has 0 aliphatic heterocycles. The number of halogens is 5. The normalized spacial score (nSPS) is 11.0. The molecule has 3 rings (SSSR count). The summed E-state index contributed by atoms with van der Waals surface area (Å²) < 4.78 is 75.5. The lowest BCUT2D eigenvalue weighted by Crippen LogP contribution is -2.11. The lowest BCUT2D eigenvalue weighted by atomic mass is 10.3. The molecule has 0 atom stereocenters. The predicted octanol–water partition coefficient (Wildman–Crippen LogP) is 5.73. The third-order valence-corrected chi connectivity index (χ3v) is 5.24. The minimum atomic E-state index is -2.25. The largest absolute Gasteiger partial charge is 0.406 e. The van der Waals surface area contributed by atoms with E-state index in [1.165, 1.54) is 11.6 Å². The van der Waals surface area contributed by atoms with E-state index < -0.39 is 40.0 Å². The Balaban J connectivity index is 2.16. The second-order valence-electron chi connectivity index (χ2n) is 6.19. The van der Waals surface area contributed by atoms with Gasteiger partial charge in [-0.1, -0.05) is 36.9 Å². The number of rotatable bonds is 6. The average Bonchev–Trinajstić information content (AvgIpc) is 3.04. The fourth-order valence-electron chi connectivity index (χ4n) is 2.58. The SMILES string of the molecule is CCCC(=O)Oc1c(Sc2c(F)c(F)c(F)c(F)c2F)c(C)nn1-c1ccccc1. The lowest BCUT2D eigenvalue weighted by molar-refractivity contribution is -0.134. The van der Waals surface area contributed by atoms with Gasteiger partial charge in [0.05, 0.1) is 21.2 Å². The summed E-state index contributed by atoms with van der Waals surface area (Å²) in [4.78, 5) is 10.9. The first-order chi connectivity index (χ1) is 14.3. The number of aromatic nitrogens is 2. The summed E-state index contributed by atoms with van der Waals surface area (Å²) in [5.41, 5.74) is 0.649. The highest BCUT2D eigenvalue weighted by atomic mass is 32.2. The highest BCUT2D eigenvalue weighted by Gasteiger charge is 2.29. The Bertz CT molecular complexity index is 1070. The second kappa shape index (κ2) is 8.86. The summed E-state index contributed by atoms with van der Waals surface area (Å²) in [5.74, 6) is -11.1. The van der Waals surface area contributed by atoms with E-state index in [2.05, 4.69) is 5.10 Å². The Morgan fingerprint density at radius 3 is 2.10 bits per heavy atom. The van der Waals surface area contributed by atoms with E-state index in [4.69, 9.17) is 4.74 Å². The number of aryl methyl sites for hydroxylation is 1. The first-order valence-electron chi connectivity index (χ1n) is 8.81. The van der Waals surface area contributed by atoms with Crippen LogP contribution in [0.15, 0.2) is 40.1 Å². The first kappa shape index (κ1) is 21.8.